The number of aliphatic hydroxyl groups excluding tert-OH is 1. The minimum absolute atomic E-state index is 0.251. The van der Waals surface area contributed by atoms with Gasteiger partial charge in [-0.25, -0.2) is 0 Å². The van der Waals surface area contributed by atoms with Crippen LogP contribution in [0.5, 0.6) is 11.5 Å². The van der Waals surface area contributed by atoms with Gasteiger partial charge < -0.3 is 14.6 Å². The highest BCUT2D eigenvalue weighted by atomic mass is 35.5. The van der Waals surface area contributed by atoms with E-state index in [4.69, 9.17) is 26.2 Å². The Morgan fingerprint density at radius 1 is 1.25 bits per heavy atom. The lowest BCUT2D eigenvalue weighted by atomic mass is 10.1. The Balaban J connectivity index is 1.67. The standard InChI is InChI=1S/C15H20ClNO3/c16-13-7-11(8-14-15(13)20-10-19-14)9-17(12-3-4-12)5-1-2-6-18/h7-8,12,18H,1-6,9-10H2. The van der Waals surface area contributed by atoms with Gasteiger partial charge in [-0.3, -0.25) is 4.90 Å². The predicted octanol–water partition coefficient (Wildman–Crippen LogP) is 2.81. The van der Waals surface area contributed by atoms with Crippen LogP contribution in [-0.2, 0) is 6.54 Å². The molecule has 4 nitrogen and oxygen atoms in total. The zero-order valence-corrected chi connectivity index (χ0v) is 12.2. The number of hydrogen-bond acceptors (Lipinski definition) is 4. The smallest absolute Gasteiger partial charge is 0.231 e. The summed E-state index contributed by atoms with van der Waals surface area (Å²) >= 11 is 6.22. The number of nitrogens with zero attached hydrogens (tertiary/aromatic N) is 1. The molecule has 1 fully saturated rings. The first-order valence-corrected chi connectivity index (χ1v) is 7.58. The van der Waals surface area contributed by atoms with E-state index in [2.05, 4.69) is 4.90 Å². The first-order valence-electron chi connectivity index (χ1n) is 7.21. The molecule has 0 amide bonds. The van der Waals surface area contributed by atoms with Gasteiger partial charge in [-0.2, -0.15) is 0 Å². The van der Waals surface area contributed by atoms with Crippen LogP contribution in [0, 0.1) is 0 Å². The molecule has 2 aliphatic rings. The number of halogens is 1. The normalized spacial score (nSPS) is 16.9. The van der Waals surface area contributed by atoms with Gasteiger partial charge in [-0.1, -0.05) is 11.6 Å². The minimum Gasteiger partial charge on any atom is -0.454 e. The molecule has 0 bridgehead atoms. The van der Waals surface area contributed by atoms with Crippen LogP contribution < -0.4 is 9.47 Å². The number of hydrogen-bond donors (Lipinski definition) is 1. The molecule has 5 heteroatoms. The van der Waals surface area contributed by atoms with E-state index in [0.717, 1.165) is 37.2 Å². The molecule has 0 saturated heterocycles. The summed E-state index contributed by atoms with van der Waals surface area (Å²) < 4.78 is 10.8. The maximum atomic E-state index is 8.90. The van der Waals surface area contributed by atoms with Gasteiger partial charge in [-0.05, 0) is 49.9 Å². The fraction of sp³-hybridized carbons (Fsp3) is 0.600. The lowest BCUT2D eigenvalue weighted by Gasteiger charge is -2.22. The van der Waals surface area contributed by atoms with Crippen LogP contribution in [0.15, 0.2) is 12.1 Å². The van der Waals surface area contributed by atoms with Crippen molar-refractivity contribution >= 4 is 11.6 Å². The highest BCUT2D eigenvalue weighted by Gasteiger charge is 2.29. The average Bonchev–Trinajstić information content (AvgIpc) is 3.16. The number of unbranched alkanes of at least 4 members (excludes halogenated alkanes) is 1. The lowest BCUT2D eigenvalue weighted by molar-refractivity contribution is 0.174. The molecule has 1 N–H and O–H groups in total. The molecule has 1 heterocycles. The zero-order valence-electron chi connectivity index (χ0n) is 11.5. The minimum atomic E-state index is 0.251. The van der Waals surface area contributed by atoms with E-state index in [1.807, 2.05) is 12.1 Å². The van der Waals surface area contributed by atoms with E-state index < -0.39 is 0 Å². The third-order valence-electron chi connectivity index (χ3n) is 3.79. The number of rotatable bonds is 7. The van der Waals surface area contributed by atoms with Crippen molar-refractivity contribution in [1.82, 2.24) is 4.90 Å². The van der Waals surface area contributed by atoms with Gasteiger partial charge >= 0.3 is 0 Å². The molecule has 0 radical (unpaired) electrons. The van der Waals surface area contributed by atoms with Gasteiger partial charge in [0.2, 0.25) is 6.79 Å². The second kappa shape index (κ2) is 6.20. The van der Waals surface area contributed by atoms with Crippen molar-refractivity contribution in [2.24, 2.45) is 0 Å². The zero-order chi connectivity index (χ0) is 13.9. The monoisotopic (exact) mass is 297 g/mol. The van der Waals surface area contributed by atoms with Crippen molar-refractivity contribution in [3.05, 3.63) is 22.7 Å². The fourth-order valence-electron chi connectivity index (χ4n) is 2.60. The molecule has 1 aromatic carbocycles. The van der Waals surface area contributed by atoms with E-state index in [1.54, 1.807) is 0 Å². The predicted molar refractivity (Wildman–Crippen MR) is 77.3 cm³/mol. The Labute approximate surface area is 124 Å². The summed E-state index contributed by atoms with van der Waals surface area (Å²) in [5.74, 6) is 1.41. The van der Waals surface area contributed by atoms with E-state index in [0.29, 0.717) is 16.8 Å². The molecule has 1 aromatic rings. The van der Waals surface area contributed by atoms with Crippen LogP contribution in [-0.4, -0.2) is 36.0 Å². The summed E-state index contributed by atoms with van der Waals surface area (Å²) in [4.78, 5) is 2.48. The third-order valence-corrected chi connectivity index (χ3v) is 4.07. The average molecular weight is 298 g/mol. The highest BCUT2D eigenvalue weighted by Crippen LogP contribution is 2.40. The Morgan fingerprint density at radius 3 is 2.85 bits per heavy atom. The Bertz CT molecular complexity index is 476. The fourth-order valence-corrected chi connectivity index (χ4v) is 2.89. The maximum Gasteiger partial charge on any atom is 0.231 e. The quantitative estimate of drug-likeness (QED) is 0.786. The number of benzene rings is 1. The summed E-state index contributed by atoms with van der Waals surface area (Å²) in [6.45, 7) is 2.43. The summed E-state index contributed by atoms with van der Waals surface area (Å²) in [6.07, 6.45) is 4.45. The highest BCUT2D eigenvalue weighted by molar-refractivity contribution is 6.32. The van der Waals surface area contributed by atoms with Crippen LogP contribution >= 0.6 is 11.6 Å². The van der Waals surface area contributed by atoms with Crippen LogP contribution in [0.3, 0.4) is 0 Å². The largest absolute Gasteiger partial charge is 0.454 e. The molecular weight excluding hydrogens is 278 g/mol. The molecule has 3 rings (SSSR count). The molecule has 0 unspecified atom stereocenters. The molecule has 0 aromatic heterocycles. The van der Waals surface area contributed by atoms with E-state index in [1.165, 1.54) is 12.8 Å². The molecular formula is C15H20ClNO3. The topological polar surface area (TPSA) is 41.9 Å². The Morgan fingerprint density at radius 2 is 2.10 bits per heavy atom. The van der Waals surface area contributed by atoms with Gasteiger partial charge in [0.1, 0.15) is 0 Å². The van der Waals surface area contributed by atoms with E-state index in [-0.39, 0.29) is 13.4 Å². The van der Waals surface area contributed by atoms with Gasteiger partial charge in [-0.15, -0.1) is 0 Å². The molecule has 20 heavy (non-hydrogen) atoms. The van der Waals surface area contributed by atoms with Crippen molar-refractivity contribution in [2.45, 2.75) is 38.3 Å². The maximum absolute atomic E-state index is 8.90. The molecule has 110 valence electrons. The SMILES string of the molecule is OCCCCN(Cc1cc(Cl)c2c(c1)OCO2)C1CC1. The first-order chi connectivity index (χ1) is 9.78. The van der Waals surface area contributed by atoms with E-state index in [9.17, 15) is 0 Å². The van der Waals surface area contributed by atoms with Gasteiger partial charge in [0.05, 0.1) is 5.02 Å². The van der Waals surface area contributed by atoms with Gasteiger partial charge in [0.15, 0.2) is 11.5 Å². The van der Waals surface area contributed by atoms with Crippen LogP contribution in [0.4, 0.5) is 0 Å². The van der Waals surface area contributed by atoms with Crippen molar-refractivity contribution in [1.29, 1.82) is 0 Å². The van der Waals surface area contributed by atoms with Gasteiger partial charge in [0.25, 0.3) is 0 Å². The molecule has 0 atom stereocenters. The Kier molecular flexibility index (Phi) is 4.34. The summed E-state index contributed by atoms with van der Waals surface area (Å²) in [6, 6.07) is 4.68. The first kappa shape index (κ1) is 14.0. The molecule has 1 aliphatic heterocycles. The third kappa shape index (κ3) is 3.19. The molecule has 1 saturated carbocycles. The molecule has 0 spiro atoms. The van der Waals surface area contributed by atoms with Crippen molar-refractivity contribution in [3.63, 3.8) is 0 Å². The Hall–Kier alpha value is -0.970. The number of aliphatic hydroxyl groups is 1. The van der Waals surface area contributed by atoms with Crippen molar-refractivity contribution in [3.8, 4) is 11.5 Å². The lowest BCUT2D eigenvalue weighted by Crippen LogP contribution is -2.26. The summed E-state index contributed by atoms with van der Waals surface area (Å²) in [5, 5.41) is 9.52. The van der Waals surface area contributed by atoms with Crippen molar-refractivity contribution < 1.29 is 14.6 Å². The second-order valence-corrected chi connectivity index (χ2v) is 5.85. The van der Waals surface area contributed by atoms with Gasteiger partial charge in [0, 0.05) is 19.2 Å². The number of ether oxygens (including phenoxy) is 2. The van der Waals surface area contributed by atoms with Crippen LogP contribution in [0.2, 0.25) is 5.02 Å². The van der Waals surface area contributed by atoms with Crippen LogP contribution in [0.25, 0.3) is 0 Å². The summed E-state index contributed by atoms with van der Waals surface area (Å²) in [5.41, 5.74) is 1.16. The van der Waals surface area contributed by atoms with Crippen molar-refractivity contribution in [2.75, 3.05) is 19.9 Å². The second-order valence-electron chi connectivity index (χ2n) is 5.44. The molecule has 1 aliphatic carbocycles. The number of fused-ring (bicyclic) bond motifs is 1. The van der Waals surface area contributed by atoms with Crippen LogP contribution in [0.1, 0.15) is 31.2 Å². The summed E-state index contributed by atoms with van der Waals surface area (Å²) in [7, 11) is 0. The van der Waals surface area contributed by atoms with E-state index >= 15 is 0 Å².